The van der Waals surface area contributed by atoms with E-state index in [0.29, 0.717) is 19.1 Å². The van der Waals surface area contributed by atoms with E-state index >= 15 is 0 Å². The Morgan fingerprint density at radius 2 is 1.96 bits per heavy atom. The zero-order valence-corrected chi connectivity index (χ0v) is 14.5. The minimum absolute atomic E-state index is 0.0879. The first-order valence-corrected chi connectivity index (χ1v) is 9.34. The number of hydrogen-bond acceptors (Lipinski definition) is 5. The third kappa shape index (κ3) is 3.33. The van der Waals surface area contributed by atoms with E-state index in [1.807, 2.05) is 18.2 Å². The van der Waals surface area contributed by atoms with Crippen molar-refractivity contribution in [3.05, 3.63) is 35.7 Å². The molecular formula is C20H25N3O2. The number of aliphatic hydroxyl groups is 1. The lowest BCUT2D eigenvalue weighted by atomic mass is 9.88. The zero-order valence-electron chi connectivity index (χ0n) is 14.5. The number of nitrogens with one attached hydrogen (secondary N) is 1. The van der Waals surface area contributed by atoms with E-state index in [1.165, 1.54) is 19.3 Å². The highest BCUT2D eigenvalue weighted by atomic mass is 16.5. The molecule has 1 saturated carbocycles. The standard InChI is InChI=1S/C20H25N3O2/c24-12-11-21-20-16-10-13-25-17-9-5-4-8-15(17)18(16)22-19(23-20)14-6-2-1-3-7-14/h4-5,8-9,14,24H,1-3,6-7,10-13H2,(H,21,22,23). The molecule has 0 bridgehead atoms. The van der Waals surface area contributed by atoms with Gasteiger partial charge >= 0.3 is 0 Å². The molecule has 2 aromatic rings. The van der Waals surface area contributed by atoms with Gasteiger partial charge in [-0.1, -0.05) is 31.4 Å². The summed E-state index contributed by atoms with van der Waals surface area (Å²) in [6, 6.07) is 8.11. The molecule has 0 spiro atoms. The molecule has 1 fully saturated rings. The number of para-hydroxylation sites is 1. The van der Waals surface area contributed by atoms with Gasteiger partial charge in [0, 0.05) is 30.0 Å². The van der Waals surface area contributed by atoms with E-state index < -0.39 is 0 Å². The van der Waals surface area contributed by atoms with Gasteiger partial charge in [-0.2, -0.15) is 0 Å². The highest BCUT2D eigenvalue weighted by Crippen LogP contribution is 2.39. The topological polar surface area (TPSA) is 67.3 Å². The van der Waals surface area contributed by atoms with Crippen molar-refractivity contribution in [3.63, 3.8) is 0 Å². The molecule has 1 aromatic heterocycles. The Morgan fingerprint density at radius 3 is 2.80 bits per heavy atom. The average Bonchev–Trinajstić information content (AvgIpc) is 2.86. The van der Waals surface area contributed by atoms with Crippen LogP contribution in [0.5, 0.6) is 5.75 Å². The fourth-order valence-electron chi connectivity index (χ4n) is 3.88. The van der Waals surface area contributed by atoms with Crippen molar-refractivity contribution in [3.8, 4) is 17.0 Å². The van der Waals surface area contributed by atoms with Crippen LogP contribution in [-0.2, 0) is 6.42 Å². The molecule has 5 heteroatoms. The molecule has 1 aliphatic heterocycles. The number of benzene rings is 1. The molecule has 1 aromatic carbocycles. The van der Waals surface area contributed by atoms with Crippen LogP contribution in [0.1, 0.15) is 49.4 Å². The Bertz CT molecular complexity index is 742. The lowest BCUT2D eigenvalue weighted by Gasteiger charge is -2.23. The van der Waals surface area contributed by atoms with Crippen LogP contribution in [0.2, 0.25) is 0 Å². The van der Waals surface area contributed by atoms with E-state index in [2.05, 4.69) is 11.4 Å². The number of ether oxygens (including phenoxy) is 1. The molecule has 2 heterocycles. The van der Waals surface area contributed by atoms with E-state index in [-0.39, 0.29) is 6.61 Å². The van der Waals surface area contributed by atoms with Crippen LogP contribution in [-0.4, -0.2) is 34.8 Å². The highest BCUT2D eigenvalue weighted by Gasteiger charge is 2.25. The molecule has 0 amide bonds. The summed E-state index contributed by atoms with van der Waals surface area (Å²) in [7, 11) is 0. The van der Waals surface area contributed by atoms with Crippen molar-refractivity contribution in [2.45, 2.75) is 44.4 Å². The third-order valence-corrected chi connectivity index (χ3v) is 5.15. The van der Waals surface area contributed by atoms with Gasteiger partial charge < -0.3 is 15.2 Å². The minimum atomic E-state index is 0.0879. The molecule has 1 aliphatic carbocycles. The Balaban J connectivity index is 1.83. The summed E-state index contributed by atoms with van der Waals surface area (Å²) in [5.41, 5.74) is 3.13. The summed E-state index contributed by atoms with van der Waals surface area (Å²) in [5, 5.41) is 12.5. The Morgan fingerprint density at radius 1 is 1.12 bits per heavy atom. The Hall–Kier alpha value is -2.14. The summed E-state index contributed by atoms with van der Waals surface area (Å²) in [4.78, 5) is 9.89. The molecule has 132 valence electrons. The van der Waals surface area contributed by atoms with Crippen molar-refractivity contribution in [2.24, 2.45) is 0 Å². The van der Waals surface area contributed by atoms with Crippen LogP contribution in [0.15, 0.2) is 24.3 Å². The number of nitrogens with zero attached hydrogens (tertiary/aromatic N) is 2. The average molecular weight is 339 g/mol. The lowest BCUT2D eigenvalue weighted by molar-refractivity contribution is 0.310. The molecule has 25 heavy (non-hydrogen) atoms. The maximum Gasteiger partial charge on any atom is 0.134 e. The third-order valence-electron chi connectivity index (χ3n) is 5.15. The second-order valence-electron chi connectivity index (χ2n) is 6.84. The van der Waals surface area contributed by atoms with Gasteiger partial charge in [0.05, 0.1) is 18.9 Å². The maximum absolute atomic E-state index is 9.23. The van der Waals surface area contributed by atoms with Gasteiger partial charge in [0.15, 0.2) is 0 Å². The predicted octanol–water partition coefficient (Wildman–Crippen LogP) is 3.53. The van der Waals surface area contributed by atoms with Gasteiger partial charge in [0.25, 0.3) is 0 Å². The van der Waals surface area contributed by atoms with Crippen molar-refractivity contribution >= 4 is 5.82 Å². The number of hydrogen-bond donors (Lipinski definition) is 2. The summed E-state index contributed by atoms with van der Waals surface area (Å²) >= 11 is 0. The highest BCUT2D eigenvalue weighted by molar-refractivity contribution is 5.74. The van der Waals surface area contributed by atoms with Gasteiger partial charge in [0.2, 0.25) is 0 Å². The summed E-state index contributed by atoms with van der Waals surface area (Å²) in [6.45, 7) is 1.20. The number of anilines is 1. The molecule has 0 radical (unpaired) electrons. The smallest absolute Gasteiger partial charge is 0.134 e. The molecule has 0 saturated heterocycles. The first-order valence-electron chi connectivity index (χ1n) is 9.34. The van der Waals surface area contributed by atoms with Gasteiger partial charge in [-0.15, -0.1) is 0 Å². The lowest BCUT2D eigenvalue weighted by Crippen LogP contribution is -2.16. The monoisotopic (exact) mass is 339 g/mol. The van der Waals surface area contributed by atoms with Gasteiger partial charge in [-0.25, -0.2) is 9.97 Å². The molecule has 4 rings (SSSR count). The maximum atomic E-state index is 9.23. The van der Waals surface area contributed by atoms with Gasteiger partial charge in [0.1, 0.15) is 17.4 Å². The largest absolute Gasteiger partial charge is 0.493 e. The van der Waals surface area contributed by atoms with E-state index in [4.69, 9.17) is 14.7 Å². The van der Waals surface area contributed by atoms with E-state index in [1.54, 1.807) is 0 Å². The number of aromatic nitrogens is 2. The van der Waals surface area contributed by atoms with Gasteiger partial charge in [-0.05, 0) is 25.0 Å². The number of fused-ring (bicyclic) bond motifs is 3. The van der Waals surface area contributed by atoms with Gasteiger partial charge in [-0.3, -0.25) is 0 Å². The molecule has 0 unspecified atom stereocenters. The van der Waals surface area contributed by atoms with Crippen LogP contribution in [0.4, 0.5) is 5.82 Å². The second-order valence-corrected chi connectivity index (χ2v) is 6.84. The van der Waals surface area contributed by atoms with Crippen LogP contribution in [0.3, 0.4) is 0 Å². The number of rotatable bonds is 4. The minimum Gasteiger partial charge on any atom is -0.493 e. The molecule has 5 nitrogen and oxygen atoms in total. The molecular weight excluding hydrogens is 314 g/mol. The predicted molar refractivity (Wildman–Crippen MR) is 98.1 cm³/mol. The quantitative estimate of drug-likeness (QED) is 0.892. The first-order chi connectivity index (χ1) is 12.4. The SMILES string of the molecule is OCCNc1nc(C2CCCCC2)nc2c1CCOc1ccccc1-2. The van der Waals surface area contributed by atoms with Crippen molar-refractivity contribution in [1.82, 2.24) is 9.97 Å². The fourth-order valence-corrected chi connectivity index (χ4v) is 3.88. The summed E-state index contributed by atoms with van der Waals surface area (Å²) in [6.07, 6.45) is 6.91. The first kappa shape index (κ1) is 16.3. The molecule has 0 atom stereocenters. The van der Waals surface area contributed by atoms with E-state index in [9.17, 15) is 5.11 Å². The molecule has 2 N–H and O–H groups in total. The summed E-state index contributed by atoms with van der Waals surface area (Å²) < 4.78 is 5.93. The normalized spacial score (nSPS) is 17.2. The van der Waals surface area contributed by atoms with Crippen LogP contribution < -0.4 is 10.1 Å². The van der Waals surface area contributed by atoms with Crippen LogP contribution in [0, 0.1) is 0 Å². The summed E-state index contributed by atoms with van der Waals surface area (Å²) in [5.74, 6) is 3.13. The van der Waals surface area contributed by atoms with Crippen LogP contribution in [0.25, 0.3) is 11.3 Å². The second kappa shape index (κ2) is 7.40. The number of aliphatic hydroxyl groups excluding tert-OH is 1. The van der Waals surface area contributed by atoms with Crippen molar-refractivity contribution in [1.29, 1.82) is 0 Å². The van der Waals surface area contributed by atoms with E-state index in [0.717, 1.165) is 53.5 Å². The zero-order chi connectivity index (χ0) is 17.1. The Kier molecular flexibility index (Phi) is 4.83. The molecule has 2 aliphatic rings. The fraction of sp³-hybridized carbons (Fsp3) is 0.500. The van der Waals surface area contributed by atoms with Crippen molar-refractivity contribution in [2.75, 3.05) is 25.1 Å². The van der Waals surface area contributed by atoms with Crippen LogP contribution >= 0.6 is 0 Å². The van der Waals surface area contributed by atoms with Crippen molar-refractivity contribution < 1.29 is 9.84 Å². The Labute approximate surface area is 148 Å².